The van der Waals surface area contributed by atoms with Crippen LogP contribution in [0.1, 0.15) is 16.8 Å². The number of amides is 3. The van der Waals surface area contributed by atoms with Gasteiger partial charge in [-0.1, -0.05) is 48.5 Å². The van der Waals surface area contributed by atoms with Crippen molar-refractivity contribution in [2.75, 3.05) is 0 Å². The molecule has 184 valence electrons. The Morgan fingerprint density at radius 3 is 2.54 bits per heavy atom. The topological polar surface area (TPSA) is 105 Å². The molecule has 2 aromatic heterocycles. The van der Waals surface area contributed by atoms with E-state index in [0.717, 1.165) is 27.5 Å². The molecule has 1 aliphatic heterocycles. The van der Waals surface area contributed by atoms with Crippen molar-refractivity contribution >= 4 is 33.6 Å². The van der Waals surface area contributed by atoms with E-state index in [1.807, 2.05) is 49.4 Å². The third-order valence-corrected chi connectivity index (χ3v) is 6.77. The van der Waals surface area contributed by atoms with Gasteiger partial charge < -0.3 is 19.7 Å². The Morgan fingerprint density at radius 2 is 1.76 bits per heavy atom. The molecule has 0 radical (unpaired) electrons. The van der Waals surface area contributed by atoms with Crippen molar-refractivity contribution < 1.29 is 19.4 Å². The van der Waals surface area contributed by atoms with Crippen molar-refractivity contribution in [1.82, 2.24) is 20.2 Å². The normalized spacial score (nSPS) is 17.2. The second-order valence-electron chi connectivity index (χ2n) is 9.24. The van der Waals surface area contributed by atoms with Crippen LogP contribution >= 0.6 is 0 Å². The van der Waals surface area contributed by atoms with Crippen LogP contribution in [0.5, 0.6) is 11.6 Å². The number of benzene rings is 3. The predicted molar refractivity (Wildman–Crippen MR) is 139 cm³/mol. The quantitative estimate of drug-likeness (QED) is 0.302. The van der Waals surface area contributed by atoms with E-state index in [-0.39, 0.29) is 12.4 Å². The molecule has 1 fully saturated rings. The zero-order valence-corrected chi connectivity index (χ0v) is 20.1. The maximum atomic E-state index is 12.9. The molecule has 1 saturated heterocycles. The van der Waals surface area contributed by atoms with E-state index in [9.17, 15) is 14.7 Å². The number of rotatable bonds is 6. The van der Waals surface area contributed by atoms with Crippen LogP contribution in [0, 0.1) is 6.92 Å². The van der Waals surface area contributed by atoms with Crippen LogP contribution in [-0.4, -0.2) is 26.6 Å². The standard InChI is InChI=1S/C29H24N4O4/c1-18-13-20(23-9-5-6-10-25(23)30-18)16-37-22-11-12-24-19(14-22)15-33(26(24)34)17-29(21-7-3-2-4-8-21)27(35)31-28(36)32-29/h2-15,34H,16-17H2,1H3,(H2,31,32,35,36)/t29-/m0/s1. The average Bonchev–Trinajstić information content (AvgIpc) is 3.37. The van der Waals surface area contributed by atoms with E-state index < -0.39 is 17.5 Å². The smallest absolute Gasteiger partial charge is 0.322 e. The number of aryl methyl sites for hydroxylation is 1. The van der Waals surface area contributed by atoms with Gasteiger partial charge in [0.1, 0.15) is 12.4 Å². The lowest BCUT2D eigenvalue weighted by Gasteiger charge is -2.27. The molecule has 6 rings (SSSR count). The number of carbonyl (C=O) groups is 2. The molecule has 0 unspecified atom stereocenters. The molecule has 5 aromatic rings. The van der Waals surface area contributed by atoms with Crippen molar-refractivity contribution in [3.63, 3.8) is 0 Å². The number of nitrogens with one attached hydrogen (secondary N) is 2. The zero-order valence-electron chi connectivity index (χ0n) is 20.1. The number of ether oxygens (including phenoxy) is 1. The first-order valence-electron chi connectivity index (χ1n) is 11.9. The van der Waals surface area contributed by atoms with Crippen LogP contribution in [0.25, 0.3) is 21.7 Å². The Labute approximate surface area is 212 Å². The molecular weight excluding hydrogens is 468 g/mol. The first-order valence-corrected chi connectivity index (χ1v) is 11.9. The monoisotopic (exact) mass is 492 g/mol. The number of para-hydroxylation sites is 1. The second-order valence-corrected chi connectivity index (χ2v) is 9.24. The predicted octanol–water partition coefficient (Wildman–Crippen LogP) is 4.52. The lowest BCUT2D eigenvalue weighted by Crippen LogP contribution is -2.47. The van der Waals surface area contributed by atoms with E-state index >= 15 is 0 Å². The number of aromatic nitrogens is 2. The number of hydrogen-bond donors (Lipinski definition) is 3. The number of pyridine rings is 1. The Balaban J connectivity index is 1.31. The molecule has 1 aliphatic rings. The lowest BCUT2D eigenvalue weighted by atomic mass is 9.90. The van der Waals surface area contributed by atoms with Crippen LogP contribution < -0.4 is 15.4 Å². The van der Waals surface area contributed by atoms with Crippen molar-refractivity contribution in [3.8, 4) is 11.6 Å². The van der Waals surface area contributed by atoms with Crippen molar-refractivity contribution in [3.05, 3.63) is 102 Å². The molecule has 1 atom stereocenters. The molecule has 0 aliphatic carbocycles. The third-order valence-electron chi connectivity index (χ3n) is 6.77. The summed E-state index contributed by atoms with van der Waals surface area (Å²) in [5.74, 6) is 0.180. The molecular formula is C29H24N4O4. The fraction of sp³-hybridized carbons (Fsp3) is 0.138. The van der Waals surface area contributed by atoms with Crippen molar-refractivity contribution in [2.24, 2.45) is 0 Å². The lowest BCUT2D eigenvalue weighted by molar-refractivity contribution is -0.124. The minimum atomic E-state index is -1.34. The van der Waals surface area contributed by atoms with Crippen LogP contribution in [-0.2, 0) is 23.5 Å². The summed E-state index contributed by atoms with van der Waals surface area (Å²) in [5.41, 5.74) is 2.17. The summed E-state index contributed by atoms with van der Waals surface area (Å²) in [5, 5.41) is 18.5. The van der Waals surface area contributed by atoms with Crippen LogP contribution in [0.4, 0.5) is 4.79 Å². The molecule has 3 heterocycles. The summed E-state index contributed by atoms with van der Waals surface area (Å²) in [4.78, 5) is 29.6. The highest BCUT2D eigenvalue weighted by Crippen LogP contribution is 2.35. The van der Waals surface area contributed by atoms with Crippen molar-refractivity contribution in [2.45, 2.75) is 25.6 Å². The maximum absolute atomic E-state index is 12.9. The highest BCUT2D eigenvalue weighted by Gasteiger charge is 2.48. The zero-order chi connectivity index (χ0) is 25.6. The summed E-state index contributed by atoms with van der Waals surface area (Å²) >= 11 is 0. The molecule has 0 saturated carbocycles. The molecule has 0 bridgehead atoms. The van der Waals surface area contributed by atoms with Gasteiger partial charge in [0.25, 0.3) is 5.91 Å². The van der Waals surface area contributed by atoms with Crippen LogP contribution in [0.2, 0.25) is 0 Å². The first kappa shape index (κ1) is 22.6. The second kappa shape index (κ2) is 8.67. The minimum Gasteiger partial charge on any atom is -0.494 e. The van der Waals surface area contributed by atoms with Gasteiger partial charge in [0.05, 0.1) is 12.1 Å². The highest BCUT2D eigenvalue weighted by molar-refractivity contribution is 6.07. The van der Waals surface area contributed by atoms with Gasteiger partial charge in [-0.15, -0.1) is 0 Å². The van der Waals surface area contributed by atoms with E-state index in [4.69, 9.17) is 4.74 Å². The average molecular weight is 493 g/mol. The summed E-state index contributed by atoms with van der Waals surface area (Å²) in [7, 11) is 0. The number of urea groups is 1. The van der Waals surface area contributed by atoms with Gasteiger partial charge in [0.15, 0.2) is 11.4 Å². The number of hydrogen-bond acceptors (Lipinski definition) is 5. The first-order chi connectivity index (χ1) is 17.9. The van der Waals surface area contributed by atoms with Gasteiger partial charge in [0, 0.05) is 33.6 Å². The van der Waals surface area contributed by atoms with Gasteiger partial charge in [-0.3, -0.25) is 15.1 Å². The Hall–Kier alpha value is -4.85. The minimum absolute atomic E-state index is 0.00144. The largest absolute Gasteiger partial charge is 0.494 e. The van der Waals surface area contributed by atoms with Crippen molar-refractivity contribution in [1.29, 1.82) is 0 Å². The summed E-state index contributed by atoms with van der Waals surface area (Å²) in [6, 6.07) is 23.9. The third kappa shape index (κ3) is 3.92. The molecule has 8 nitrogen and oxygen atoms in total. The Morgan fingerprint density at radius 1 is 0.973 bits per heavy atom. The SMILES string of the molecule is Cc1cc(COc2ccc3c(O)n(C[C@@]4(c5ccccc5)NC(=O)NC4=O)cc3c2)c2ccccc2n1. The van der Waals surface area contributed by atoms with Gasteiger partial charge in [-0.05, 0) is 42.8 Å². The molecule has 3 aromatic carbocycles. The molecule has 3 N–H and O–H groups in total. The maximum Gasteiger partial charge on any atom is 0.322 e. The number of nitrogens with zero attached hydrogens (tertiary/aromatic N) is 2. The van der Waals surface area contributed by atoms with Gasteiger partial charge in [0.2, 0.25) is 0 Å². The summed E-state index contributed by atoms with van der Waals surface area (Å²) < 4.78 is 7.70. The highest BCUT2D eigenvalue weighted by atomic mass is 16.5. The van der Waals surface area contributed by atoms with Crippen LogP contribution in [0.3, 0.4) is 0 Å². The Bertz CT molecular complexity index is 1680. The van der Waals surface area contributed by atoms with E-state index in [1.54, 1.807) is 47.2 Å². The summed E-state index contributed by atoms with van der Waals surface area (Å²) in [6.45, 7) is 2.35. The van der Waals surface area contributed by atoms with Gasteiger partial charge >= 0.3 is 6.03 Å². The summed E-state index contributed by atoms with van der Waals surface area (Å²) in [6.07, 6.45) is 1.76. The van der Waals surface area contributed by atoms with E-state index in [1.165, 1.54) is 0 Å². The fourth-order valence-corrected chi connectivity index (χ4v) is 5.00. The number of carbonyl (C=O) groups excluding carboxylic acids is 2. The van der Waals surface area contributed by atoms with Crippen LogP contribution in [0.15, 0.2) is 85.1 Å². The number of imide groups is 1. The Kier molecular flexibility index (Phi) is 5.30. The van der Waals surface area contributed by atoms with Gasteiger partial charge in [-0.2, -0.15) is 0 Å². The van der Waals surface area contributed by atoms with E-state index in [2.05, 4.69) is 15.6 Å². The molecule has 8 heteroatoms. The van der Waals surface area contributed by atoms with Gasteiger partial charge in [-0.25, -0.2) is 4.79 Å². The molecule has 37 heavy (non-hydrogen) atoms. The number of fused-ring (bicyclic) bond motifs is 2. The van der Waals surface area contributed by atoms with E-state index in [0.29, 0.717) is 23.3 Å². The fourth-order valence-electron chi connectivity index (χ4n) is 5.00. The molecule has 3 amide bonds. The molecule has 0 spiro atoms. The number of aromatic hydroxyl groups is 1.